The van der Waals surface area contributed by atoms with E-state index in [4.69, 9.17) is 5.73 Å². The maximum absolute atomic E-state index is 6.22. The molecule has 2 N–H and O–H groups in total. The number of rotatable bonds is 1. The van der Waals surface area contributed by atoms with Gasteiger partial charge in [0.2, 0.25) is 0 Å². The number of aromatic nitrogens is 1. The minimum Gasteiger partial charge on any atom is -0.322 e. The van der Waals surface area contributed by atoms with Gasteiger partial charge < -0.3 is 5.73 Å². The highest BCUT2D eigenvalue weighted by molar-refractivity contribution is 7.18. The van der Waals surface area contributed by atoms with Gasteiger partial charge in [-0.15, -0.1) is 11.3 Å². The fourth-order valence-corrected chi connectivity index (χ4v) is 2.75. The topological polar surface area (TPSA) is 38.9 Å². The molecule has 3 heteroatoms. The third-order valence-electron chi connectivity index (χ3n) is 2.76. The third kappa shape index (κ3) is 2.11. The van der Waals surface area contributed by atoms with Crippen LogP contribution in [0.2, 0.25) is 0 Å². The van der Waals surface area contributed by atoms with E-state index >= 15 is 0 Å². The first-order chi connectivity index (χ1) is 7.38. The van der Waals surface area contributed by atoms with Crippen molar-refractivity contribution < 1.29 is 0 Å². The van der Waals surface area contributed by atoms with Crippen molar-refractivity contribution in [3.8, 4) is 0 Å². The zero-order valence-electron chi connectivity index (χ0n) is 10.2. The number of benzene rings is 1. The van der Waals surface area contributed by atoms with Crippen molar-refractivity contribution in [2.75, 3.05) is 0 Å². The van der Waals surface area contributed by atoms with Gasteiger partial charge in [-0.05, 0) is 30.0 Å². The molecular formula is C13H18N2S. The van der Waals surface area contributed by atoms with Gasteiger partial charge in [0.25, 0.3) is 0 Å². The van der Waals surface area contributed by atoms with Crippen LogP contribution in [0.4, 0.5) is 0 Å². The molecule has 0 aliphatic carbocycles. The van der Waals surface area contributed by atoms with Crippen molar-refractivity contribution in [2.45, 2.75) is 33.7 Å². The summed E-state index contributed by atoms with van der Waals surface area (Å²) < 4.78 is 1.22. The Labute approximate surface area is 101 Å². The van der Waals surface area contributed by atoms with E-state index in [2.05, 4.69) is 50.9 Å². The molecule has 1 heterocycles. The number of thiazole rings is 1. The minimum atomic E-state index is 0.00482. The lowest BCUT2D eigenvalue weighted by molar-refractivity contribution is 0.326. The summed E-state index contributed by atoms with van der Waals surface area (Å²) in [6.07, 6.45) is 0. The summed E-state index contributed by atoms with van der Waals surface area (Å²) in [4.78, 5) is 4.63. The first-order valence-electron chi connectivity index (χ1n) is 5.50. The van der Waals surface area contributed by atoms with Crippen LogP contribution in [0.1, 0.15) is 37.4 Å². The van der Waals surface area contributed by atoms with E-state index in [1.54, 1.807) is 11.3 Å². The first kappa shape index (κ1) is 11.6. The Morgan fingerprint density at radius 2 is 2.00 bits per heavy atom. The van der Waals surface area contributed by atoms with Gasteiger partial charge in [0.05, 0.1) is 16.3 Å². The van der Waals surface area contributed by atoms with Crippen LogP contribution in [0.5, 0.6) is 0 Å². The number of fused-ring (bicyclic) bond motifs is 1. The molecule has 0 aliphatic heterocycles. The van der Waals surface area contributed by atoms with E-state index in [1.165, 1.54) is 10.3 Å². The summed E-state index contributed by atoms with van der Waals surface area (Å²) >= 11 is 1.70. The van der Waals surface area contributed by atoms with E-state index in [1.807, 2.05) is 0 Å². The molecule has 0 bridgehead atoms. The Hall–Kier alpha value is -0.930. The summed E-state index contributed by atoms with van der Waals surface area (Å²) in [5, 5.41) is 1.04. The molecule has 16 heavy (non-hydrogen) atoms. The fraction of sp³-hybridized carbons (Fsp3) is 0.462. The standard InChI is InChI=1S/C13H18N2S/c1-8-5-6-10-9(7-8)15-12(16-10)11(14)13(2,3)4/h5-7,11H,14H2,1-4H3. The molecule has 0 amide bonds. The molecular weight excluding hydrogens is 216 g/mol. The molecule has 2 nitrogen and oxygen atoms in total. The second kappa shape index (κ2) is 3.82. The smallest absolute Gasteiger partial charge is 0.111 e. The van der Waals surface area contributed by atoms with Crippen LogP contribution in [-0.2, 0) is 0 Å². The Bertz CT molecular complexity index is 508. The lowest BCUT2D eigenvalue weighted by Crippen LogP contribution is -2.25. The molecule has 0 fully saturated rings. The maximum Gasteiger partial charge on any atom is 0.111 e. The lowest BCUT2D eigenvalue weighted by Gasteiger charge is -2.24. The summed E-state index contributed by atoms with van der Waals surface area (Å²) in [6, 6.07) is 6.36. The zero-order chi connectivity index (χ0) is 11.9. The van der Waals surface area contributed by atoms with Crippen molar-refractivity contribution >= 4 is 21.6 Å². The molecule has 0 saturated carbocycles. The van der Waals surface area contributed by atoms with Crippen molar-refractivity contribution in [1.29, 1.82) is 0 Å². The van der Waals surface area contributed by atoms with Crippen LogP contribution in [0.3, 0.4) is 0 Å². The summed E-state index contributed by atoms with van der Waals surface area (Å²) in [6.45, 7) is 8.53. The van der Waals surface area contributed by atoms with Gasteiger partial charge in [-0.2, -0.15) is 0 Å². The summed E-state index contributed by atoms with van der Waals surface area (Å²) in [7, 11) is 0. The van der Waals surface area contributed by atoms with E-state index in [9.17, 15) is 0 Å². The Morgan fingerprint density at radius 1 is 1.31 bits per heavy atom. The summed E-state index contributed by atoms with van der Waals surface area (Å²) in [5.41, 5.74) is 8.59. The molecule has 1 aromatic carbocycles. The fourth-order valence-electron chi connectivity index (χ4n) is 1.56. The molecule has 0 aliphatic rings. The Morgan fingerprint density at radius 3 is 2.62 bits per heavy atom. The molecule has 0 radical (unpaired) electrons. The largest absolute Gasteiger partial charge is 0.322 e. The molecule has 0 spiro atoms. The number of aryl methyl sites for hydroxylation is 1. The van der Waals surface area contributed by atoms with Crippen molar-refractivity contribution in [3.63, 3.8) is 0 Å². The molecule has 0 saturated heterocycles. The van der Waals surface area contributed by atoms with Gasteiger partial charge in [-0.1, -0.05) is 26.8 Å². The Balaban J connectivity index is 2.47. The normalized spacial score (nSPS) is 14.3. The molecule has 2 rings (SSSR count). The highest BCUT2D eigenvalue weighted by atomic mass is 32.1. The van der Waals surface area contributed by atoms with Crippen molar-refractivity contribution in [3.05, 3.63) is 28.8 Å². The van der Waals surface area contributed by atoms with Gasteiger partial charge in [0, 0.05) is 0 Å². The van der Waals surface area contributed by atoms with E-state index < -0.39 is 0 Å². The maximum atomic E-state index is 6.22. The van der Waals surface area contributed by atoms with Gasteiger partial charge >= 0.3 is 0 Å². The molecule has 1 atom stereocenters. The molecule has 86 valence electrons. The number of nitrogens with zero attached hydrogens (tertiary/aromatic N) is 1. The van der Waals surface area contributed by atoms with E-state index in [-0.39, 0.29) is 11.5 Å². The molecule has 2 aromatic rings. The van der Waals surface area contributed by atoms with Crippen LogP contribution in [0, 0.1) is 12.3 Å². The van der Waals surface area contributed by atoms with Crippen LogP contribution in [-0.4, -0.2) is 4.98 Å². The highest BCUT2D eigenvalue weighted by Gasteiger charge is 2.25. The molecule has 1 unspecified atom stereocenters. The number of hydrogen-bond donors (Lipinski definition) is 1. The van der Waals surface area contributed by atoms with Crippen LogP contribution in [0.15, 0.2) is 18.2 Å². The highest BCUT2D eigenvalue weighted by Crippen LogP contribution is 2.35. The predicted molar refractivity (Wildman–Crippen MR) is 70.7 cm³/mol. The van der Waals surface area contributed by atoms with Crippen LogP contribution in [0.25, 0.3) is 10.2 Å². The Kier molecular flexibility index (Phi) is 2.76. The quantitative estimate of drug-likeness (QED) is 0.818. The van der Waals surface area contributed by atoms with E-state index in [0.29, 0.717) is 0 Å². The number of hydrogen-bond acceptors (Lipinski definition) is 3. The van der Waals surface area contributed by atoms with Gasteiger partial charge in [-0.25, -0.2) is 4.98 Å². The monoisotopic (exact) mass is 234 g/mol. The van der Waals surface area contributed by atoms with Gasteiger partial charge in [-0.3, -0.25) is 0 Å². The molecule has 1 aromatic heterocycles. The average molecular weight is 234 g/mol. The first-order valence-corrected chi connectivity index (χ1v) is 6.32. The van der Waals surface area contributed by atoms with Gasteiger partial charge in [0.15, 0.2) is 0 Å². The predicted octanol–water partition coefficient (Wildman–Crippen LogP) is 3.65. The van der Waals surface area contributed by atoms with Gasteiger partial charge in [0.1, 0.15) is 5.01 Å². The minimum absolute atomic E-state index is 0.00482. The third-order valence-corrected chi connectivity index (χ3v) is 3.88. The summed E-state index contributed by atoms with van der Waals surface area (Å²) in [5.74, 6) is 0. The van der Waals surface area contributed by atoms with Crippen molar-refractivity contribution in [2.24, 2.45) is 11.1 Å². The lowest BCUT2D eigenvalue weighted by atomic mass is 9.88. The number of nitrogens with two attached hydrogens (primary N) is 1. The zero-order valence-corrected chi connectivity index (χ0v) is 11.1. The van der Waals surface area contributed by atoms with Crippen LogP contribution >= 0.6 is 11.3 Å². The SMILES string of the molecule is Cc1ccc2sc(C(N)C(C)(C)C)nc2c1. The second-order valence-electron chi connectivity index (χ2n) is 5.37. The average Bonchev–Trinajstić information content (AvgIpc) is 2.57. The van der Waals surface area contributed by atoms with E-state index in [0.717, 1.165) is 10.5 Å². The van der Waals surface area contributed by atoms with Crippen molar-refractivity contribution in [1.82, 2.24) is 4.98 Å². The second-order valence-corrected chi connectivity index (χ2v) is 6.43. The van der Waals surface area contributed by atoms with Crippen LogP contribution < -0.4 is 5.73 Å².